The van der Waals surface area contributed by atoms with Gasteiger partial charge in [0.05, 0.1) is 0 Å². The van der Waals surface area contributed by atoms with Gasteiger partial charge in [-0.3, -0.25) is 4.98 Å². The monoisotopic (exact) mass is 456 g/mol. The summed E-state index contributed by atoms with van der Waals surface area (Å²) in [5.74, 6) is 0. The molecule has 0 aromatic carbocycles. The molecule has 0 radical (unpaired) electrons. The quantitative estimate of drug-likeness (QED) is 0.377. The smallest absolute Gasteiger partial charge is 1.00 e. The van der Waals surface area contributed by atoms with Crippen molar-refractivity contribution in [2.45, 2.75) is 20.8 Å². The predicted octanol–water partition coefficient (Wildman–Crippen LogP) is -9.98. The van der Waals surface area contributed by atoms with E-state index in [1.54, 1.807) is 0 Å². The molecule has 0 aliphatic heterocycles. The maximum Gasteiger partial charge on any atom is 2.00 e. The van der Waals surface area contributed by atoms with Crippen LogP contribution in [0.3, 0.4) is 0 Å². The van der Waals surface area contributed by atoms with E-state index in [-0.39, 0.29) is 70.7 Å². The summed E-state index contributed by atoms with van der Waals surface area (Å²) in [6.07, 6.45) is 0. The fourth-order valence-electron chi connectivity index (χ4n) is 1.04. The molecule has 0 saturated carbocycles. The average molecular weight is 458 g/mol. The minimum atomic E-state index is 0. The van der Waals surface area contributed by atoms with Crippen LogP contribution in [0.5, 0.6) is 0 Å². The zero-order chi connectivity index (χ0) is 6.85. The molecule has 0 bridgehead atoms. The molecule has 14 heavy (non-hydrogen) atoms. The van der Waals surface area contributed by atoms with Crippen LogP contribution in [0.4, 0.5) is 0 Å². The first kappa shape index (κ1) is 29.4. The first-order chi connectivity index (χ1) is 4.18. The Morgan fingerprint density at radius 1 is 0.786 bits per heavy atom. The van der Waals surface area contributed by atoms with Gasteiger partial charge in [0.15, 0.2) is 0 Å². The molecule has 0 N–H and O–H groups in total. The molecule has 1 aromatic heterocycles. The molecule has 0 fully saturated rings. The van der Waals surface area contributed by atoms with E-state index in [0.29, 0.717) is 0 Å². The third-order valence-electron chi connectivity index (χ3n) is 1.23. The summed E-state index contributed by atoms with van der Waals surface area (Å²) in [7, 11) is 0. The zero-order valence-corrected chi connectivity index (χ0v) is 13.2. The maximum atomic E-state index is 4.23. The van der Waals surface area contributed by atoms with Crippen molar-refractivity contribution in [3.63, 3.8) is 0 Å². The van der Waals surface area contributed by atoms with Crippen LogP contribution in [0.15, 0.2) is 12.1 Å². The number of hydrogen-bond acceptors (Lipinski definition) is 1. The summed E-state index contributed by atoms with van der Waals surface area (Å²) in [5, 5.41) is 0. The van der Waals surface area contributed by atoms with Gasteiger partial charge in [-0.15, -0.1) is 0 Å². The first-order valence-electron chi connectivity index (χ1n) is 3.10. The summed E-state index contributed by atoms with van der Waals surface area (Å²) >= 11 is 0. The van der Waals surface area contributed by atoms with E-state index in [2.05, 4.69) is 24.0 Å². The van der Waals surface area contributed by atoms with Gasteiger partial charge in [0, 0.05) is 11.4 Å². The molecule has 0 aliphatic carbocycles. The van der Waals surface area contributed by atoms with Gasteiger partial charge in [0.1, 0.15) is 0 Å². The number of aromatic nitrogens is 1. The summed E-state index contributed by atoms with van der Waals surface area (Å²) in [6.45, 7) is 6.11. The van der Waals surface area contributed by atoms with E-state index in [9.17, 15) is 0 Å². The summed E-state index contributed by atoms with van der Waals surface area (Å²) in [5.41, 5.74) is 3.50. The van der Waals surface area contributed by atoms with Gasteiger partial charge in [-0.1, -0.05) is 0 Å². The Balaban J connectivity index is -0.0000000540. The van der Waals surface area contributed by atoms with Crippen LogP contribution in [-0.4, -0.2) is 4.98 Å². The Bertz CT molecular complexity index is 182. The van der Waals surface area contributed by atoms with Crippen LogP contribution in [0.2, 0.25) is 0 Å². The van der Waals surface area contributed by atoms with Crippen molar-refractivity contribution < 1.29 is 70.7 Å². The van der Waals surface area contributed by atoms with Crippen molar-refractivity contribution in [1.29, 1.82) is 0 Å². The van der Waals surface area contributed by atoms with Crippen molar-refractivity contribution >= 4 is 0 Å². The normalized spacial score (nSPS) is 6.21. The van der Waals surface area contributed by atoms with E-state index >= 15 is 0 Å². The summed E-state index contributed by atoms with van der Waals surface area (Å²) in [6, 6.07) is 4.15. The number of halogens is 4. The molecular weight excluding hydrogens is 447 g/mol. The van der Waals surface area contributed by atoms with E-state index in [1.165, 1.54) is 5.56 Å². The Morgan fingerprint density at radius 2 is 1.07 bits per heavy atom. The number of nitrogens with zero attached hydrogens (tertiary/aromatic N) is 1. The third-order valence-corrected chi connectivity index (χ3v) is 1.23. The molecular formula is C8H11Cl4NPt-2. The van der Waals surface area contributed by atoms with E-state index in [1.807, 2.05) is 13.8 Å². The van der Waals surface area contributed by atoms with Crippen LogP contribution in [0.1, 0.15) is 17.0 Å². The van der Waals surface area contributed by atoms with E-state index in [0.717, 1.165) is 11.4 Å². The largest absolute Gasteiger partial charge is 2.00 e. The summed E-state index contributed by atoms with van der Waals surface area (Å²) < 4.78 is 0. The molecule has 1 rings (SSSR count). The van der Waals surface area contributed by atoms with Gasteiger partial charge in [-0.25, -0.2) is 0 Å². The number of hydrogen-bond donors (Lipinski definition) is 0. The number of pyridine rings is 1. The minimum absolute atomic E-state index is 0. The molecule has 0 aliphatic rings. The predicted molar refractivity (Wildman–Crippen MR) is 38.4 cm³/mol. The average Bonchev–Trinajstić information content (AvgIpc) is 1.59. The second kappa shape index (κ2) is 14.0. The number of aryl methyl sites for hydroxylation is 3. The van der Waals surface area contributed by atoms with Crippen LogP contribution >= 0.6 is 0 Å². The third kappa shape index (κ3) is 11.1. The standard InChI is InChI=1S/C8H11N.4ClH.Pt/c1-6-4-7(2)9-8(3)5-6;;;;;/h4-5H,1-3H3;4*1H;/q;;;;;+2/p-4. The van der Waals surface area contributed by atoms with Crippen LogP contribution in [0, 0.1) is 20.8 Å². The first-order valence-corrected chi connectivity index (χ1v) is 3.10. The van der Waals surface area contributed by atoms with Gasteiger partial charge in [-0.2, -0.15) is 0 Å². The molecule has 88 valence electrons. The Labute approximate surface area is 125 Å². The molecule has 0 unspecified atom stereocenters. The Hall–Kier alpha value is 0.998. The topological polar surface area (TPSA) is 12.9 Å². The maximum absolute atomic E-state index is 4.23. The van der Waals surface area contributed by atoms with Gasteiger partial charge < -0.3 is 49.6 Å². The van der Waals surface area contributed by atoms with Gasteiger partial charge in [-0.05, 0) is 38.5 Å². The molecule has 6 heteroatoms. The number of rotatable bonds is 0. The van der Waals surface area contributed by atoms with Crippen LogP contribution in [0.25, 0.3) is 0 Å². The second-order valence-corrected chi connectivity index (χ2v) is 2.43. The van der Waals surface area contributed by atoms with Crippen LogP contribution < -0.4 is 49.6 Å². The Morgan fingerprint density at radius 3 is 1.29 bits per heavy atom. The van der Waals surface area contributed by atoms with Crippen molar-refractivity contribution in [3.8, 4) is 0 Å². The van der Waals surface area contributed by atoms with Crippen LogP contribution in [-0.2, 0) is 21.1 Å². The molecule has 0 amide bonds. The fraction of sp³-hybridized carbons (Fsp3) is 0.375. The molecule has 1 aromatic rings. The minimum Gasteiger partial charge on any atom is -1.00 e. The zero-order valence-electron chi connectivity index (χ0n) is 7.93. The fourth-order valence-corrected chi connectivity index (χ4v) is 1.04. The van der Waals surface area contributed by atoms with Crippen molar-refractivity contribution in [1.82, 2.24) is 4.98 Å². The molecule has 0 saturated heterocycles. The summed E-state index contributed by atoms with van der Waals surface area (Å²) in [4.78, 5) is 4.23. The molecule has 1 heterocycles. The molecule has 1 nitrogen and oxygen atoms in total. The molecule has 0 atom stereocenters. The van der Waals surface area contributed by atoms with Crippen molar-refractivity contribution in [3.05, 3.63) is 29.1 Å². The van der Waals surface area contributed by atoms with Crippen molar-refractivity contribution in [2.24, 2.45) is 0 Å². The van der Waals surface area contributed by atoms with Gasteiger partial charge in [0.25, 0.3) is 0 Å². The van der Waals surface area contributed by atoms with Gasteiger partial charge in [0.2, 0.25) is 0 Å². The molecule has 0 spiro atoms. The van der Waals surface area contributed by atoms with E-state index in [4.69, 9.17) is 0 Å². The van der Waals surface area contributed by atoms with Crippen molar-refractivity contribution in [2.75, 3.05) is 0 Å². The van der Waals surface area contributed by atoms with E-state index < -0.39 is 0 Å². The Kier molecular flexibility index (Phi) is 29.4. The van der Waals surface area contributed by atoms with Gasteiger partial charge >= 0.3 is 21.1 Å². The SMILES string of the molecule is Cc1cc(C)nc(C)c1.[Cl-].[Cl-].[Cl-].[Cl-].[Pt+2]. The second-order valence-electron chi connectivity index (χ2n) is 2.43.